The molecule has 21 heavy (non-hydrogen) atoms. The number of nitrogens with zero attached hydrogens (tertiary/aromatic N) is 1. The monoisotopic (exact) mass is 282 g/mol. The van der Waals surface area contributed by atoms with Crippen LogP contribution in [0.3, 0.4) is 0 Å². The van der Waals surface area contributed by atoms with E-state index in [4.69, 9.17) is 4.74 Å². The molecule has 1 N–H and O–H groups in total. The lowest BCUT2D eigenvalue weighted by atomic mass is 10.1. The molecule has 2 aromatic carbocycles. The van der Waals surface area contributed by atoms with Crippen molar-refractivity contribution in [3.63, 3.8) is 0 Å². The topological polar surface area (TPSA) is 24.5 Å². The normalized spacial score (nSPS) is 15.1. The second kappa shape index (κ2) is 6.74. The van der Waals surface area contributed by atoms with E-state index in [0.29, 0.717) is 0 Å². The van der Waals surface area contributed by atoms with Crippen LogP contribution in [0.1, 0.15) is 16.7 Å². The van der Waals surface area contributed by atoms with Gasteiger partial charge in [0.25, 0.3) is 0 Å². The first-order chi connectivity index (χ1) is 10.3. The van der Waals surface area contributed by atoms with Crippen LogP contribution in [0.2, 0.25) is 0 Å². The van der Waals surface area contributed by atoms with Gasteiger partial charge in [0, 0.05) is 31.7 Å². The van der Waals surface area contributed by atoms with Crippen molar-refractivity contribution < 1.29 is 4.74 Å². The summed E-state index contributed by atoms with van der Waals surface area (Å²) in [7, 11) is 1.97. The summed E-state index contributed by atoms with van der Waals surface area (Å²) in [5, 5.41) is 3.18. The maximum absolute atomic E-state index is 5.82. The highest BCUT2D eigenvalue weighted by Crippen LogP contribution is 2.23. The lowest BCUT2D eigenvalue weighted by Crippen LogP contribution is -2.25. The fraction of sp³-hybridized carbons (Fsp3) is 0.333. The van der Waals surface area contributed by atoms with Crippen molar-refractivity contribution in [2.45, 2.75) is 19.6 Å². The second-order valence-corrected chi connectivity index (χ2v) is 5.51. The number of rotatable bonds is 4. The van der Waals surface area contributed by atoms with Crippen LogP contribution in [0.25, 0.3) is 0 Å². The fourth-order valence-electron chi connectivity index (χ4n) is 2.74. The molecule has 1 heterocycles. The molecule has 0 aliphatic carbocycles. The molecule has 0 spiro atoms. The molecule has 0 fully saturated rings. The summed E-state index contributed by atoms with van der Waals surface area (Å²) in [5.74, 6) is 1.03. The minimum Gasteiger partial charge on any atom is -0.492 e. The molecule has 0 saturated heterocycles. The third-order valence-electron chi connectivity index (χ3n) is 3.84. The molecule has 0 radical (unpaired) electrons. The van der Waals surface area contributed by atoms with Crippen LogP contribution in [-0.4, -0.2) is 25.1 Å². The molecule has 0 aromatic heterocycles. The number of ether oxygens (including phenoxy) is 1. The van der Waals surface area contributed by atoms with E-state index < -0.39 is 0 Å². The summed E-state index contributed by atoms with van der Waals surface area (Å²) in [6.07, 6.45) is 0. The van der Waals surface area contributed by atoms with Gasteiger partial charge in [0.1, 0.15) is 12.4 Å². The molecule has 0 bridgehead atoms. The van der Waals surface area contributed by atoms with E-state index in [2.05, 4.69) is 52.7 Å². The fourth-order valence-corrected chi connectivity index (χ4v) is 2.74. The molecule has 3 rings (SSSR count). The number of fused-ring (bicyclic) bond motifs is 1. The number of nitrogens with one attached hydrogen (secondary N) is 1. The van der Waals surface area contributed by atoms with Crippen LogP contribution in [0.4, 0.5) is 0 Å². The molecule has 0 amide bonds. The highest BCUT2D eigenvalue weighted by Gasteiger charge is 2.14. The summed E-state index contributed by atoms with van der Waals surface area (Å²) >= 11 is 0. The van der Waals surface area contributed by atoms with Crippen LogP contribution in [-0.2, 0) is 19.6 Å². The van der Waals surface area contributed by atoms with Gasteiger partial charge in [-0.1, -0.05) is 42.5 Å². The average Bonchev–Trinajstić information content (AvgIpc) is 2.71. The van der Waals surface area contributed by atoms with Gasteiger partial charge in [-0.05, 0) is 24.2 Å². The molecule has 0 saturated carbocycles. The molecular weight excluding hydrogens is 260 g/mol. The van der Waals surface area contributed by atoms with Crippen molar-refractivity contribution in [1.29, 1.82) is 0 Å². The third kappa shape index (κ3) is 3.63. The van der Waals surface area contributed by atoms with Gasteiger partial charge < -0.3 is 10.1 Å². The molecule has 2 aromatic rings. The van der Waals surface area contributed by atoms with E-state index in [-0.39, 0.29) is 0 Å². The van der Waals surface area contributed by atoms with Gasteiger partial charge in [-0.2, -0.15) is 0 Å². The van der Waals surface area contributed by atoms with Gasteiger partial charge >= 0.3 is 0 Å². The molecule has 3 nitrogen and oxygen atoms in total. The van der Waals surface area contributed by atoms with Gasteiger partial charge in [0.15, 0.2) is 0 Å². The zero-order valence-electron chi connectivity index (χ0n) is 12.5. The molecule has 0 atom stereocenters. The highest BCUT2D eigenvalue weighted by molar-refractivity contribution is 5.34. The molecule has 110 valence electrons. The van der Waals surface area contributed by atoms with Crippen LogP contribution in [0.15, 0.2) is 48.5 Å². The van der Waals surface area contributed by atoms with E-state index in [9.17, 15) is 0 Å². The predicted octanol–water partition coefficient (Wildman–Crippen LogP) is 2.80. The van der Waals surface area contributed by atoms with Crippen molar-refractivity contribution >= 4 is 0 Å². The van der Waals surface area contributed by atoms with Gasteiger partial charge in [-0.25, -0.2) is 0 Å². The van der Waals surface area contributed by atoms with Crippen LogP contribution >= 0.6 is 0 Å². The Morgan fingerprint density at radius 2 is 1.81 bits per heavy atom. The Morgan fingerprint density at radius 1 is 1.05 bits per heavy atom. The van der Waals surface area contributed by atoms with E-state index in [1.165, 1.54) is 16.7 Å². The van der Waals surface area contributed by atoms with Gasteiger partial charge in [-0.3, -0.25) is 4.90 Å². The summed E-state index contributed by atoms with van der Waals surface area (Å²) in [5.41, 5.74) is 3.96. The lowest BCUT2D eigenvalue weighted by molar-refractivity contribution is 0.219. The van der Waals surface area contributed by atoms with Gasteiger partial charge in [0.2, 0.25) is 0 Å². The molecule has 1 aliphatic heterocycles. The number of para-hydroxylation sites is 1. The number of hydrogen-bond acceptors (Lipinski definition) is 3. The molecule has 0 unspecified atom stereocenters. The molecule has 3 heteroatoms. The van der Waals surface area contributed by atoms with Crippen molar-refractivity contribution in [3.8, 4) is 5.75 Å². The van der Waals surface area contributed by atoms with Crippen LogP contribution in [0.5, 0.6) is 5.75 Å². The summed E-state index contributed by atoms with van der Waals surface area (Å²) in [6, 6.07) is 17.2. The Labute approximate surface area is 126 Å². The molecule has 1 aliphatic rings. The van der Waals surface area contributed by atoms with Gasteiger partial charge in [0.05, 0.1) is 0 Å². The number of benzene rings is 2. The summed E-state index contributed by atoms with van der Waals surface area (Å²) in [6.45, 7) is 4.57. The second-order valence-electron chi connectivity index (χ2n) is 5.51. The van der Waals surface area contributed by atoms with Crippen molar-refractivity contribution in [1.82, 2.24) is 10.2 Å². The first-order valence-corrected chi connectivity index (χ1v) is 7.50. The Kier molecular flexibility index (Phi) is 4.53. The Hall–Kier alpha value is -1.84. The predicted molar refractivity (Wildman–Crippen MR) is 85.3 cm³/mol. The third-order valence-corrected chi connectivity index (χ3v) is 3.84. The minimum absolute atomic E-state index is 0.759. The Balaban J connectivity index is 1.67. The smallest absolute Gasteiger partial charge is 0.123 e. The zero-order chi connectivity index (χ0) is 14.5. The first-order valence-electron chi connectivity index (χ1n) is 7.50. The van der Waals surface area contributed by atoms with E-state index >= 15 is 0 Å². The van der Waals surface area contributed by atoms with Crippen molar-refractivity contribution in [3.05, 3.63) is 65.2 Å². The standard InChI is InChI=1S/C18H22N2O/c1-19-12-15-6-8-16(9-7-15)13-20-10-11-21-18-5-3-2-4-17(18)14-20/h2-9,19H,10-14H2,1H3. The van der Waals surface area contributed by atoms with Crippen molar-refractivity contribution in [2.75, 3.05) is 20.2 Å². The average molecular weight is 282 g/mol. The summed E-state index contributed by atoms with van der Waals surface area (Å²) < 4.78 is 5.82. The van der Waals surface area contributed by atoms with Gasteiger partial charge in [-0.15, -0.1) is 0 Å². The first kappa shape index (κ1) is 14.1. The minimum atomic E-state index is 0.759. The zero-order valence-corrected chi connectivity index (χ0v) is 12.5. The largest absolute Gasteiger partial charge is 0.492 e. The SMILES string of the molecule is CNCc1ccc(CN2CCOc3ccccc3C2)cc1. The molecular formula is C18H22N2O. The maximum atomic E-state index is 5.82. The van der Waals surface area contributed by atoms with Crippen LogP contribution in [0, 0.1) is 0 Å². The summed E-state index contributed by atoms with van der Waals surface area (Å²) in [4.78, 5) is 2.44. The van der Waals surface area contributed by atoms with E-state index in [0.717, 1.165) is 38.5 Å². The quantitative estimate of drug-likeness (QED) is 0.933. The van der Waals surface area contributed by atoms with Crippen molar-refractivity contribution in [2.24, 2.45) is 0 Å². The number of hydrogen-bond donors (Lipinski definition) is 1. The van der Waals surface area contributed by atoms with E-state index in [1.54, 1.807) is 0 Å². The Morgan fingerprint density at radius 3 is 2.62 bits per heavy atom. The van der Waals surface area contributed by atoms with E-state index in [1.807, 2.05) is 13.1 Å². The Bertz CT molecular complexity index is 580. The lowest BCUT2D eigenvalue weighted by Gasteiger charge is -2.19. The van der Waals surface area contributed by atoms with Crippen LogP contribution < -0.4 is 10.1 Å². The maximum Gasteiger partial charge on any atom is 0.123 e. The highest BCUT2D eigenvalue weighted by atomic mass is 16.5.